The zero-order valence-corrected chi connectivity index (χ0v) is 14.1. The Kier molecular flexibility index (Phi) is 8.83. The number of carbonyl (C=O) groups is 3. The van der Waals surface area contributed by atoms with E-state index < -0.39 is 24.6 Å². The number of benzene rings is 1. The largest absolute Gasteiger partial charge is 1.00 e. The van der Waals surface area contributed by atoms with Crippen LogP contribution in [0.4, 0.5) is 15.3 Å². The number of nitrogens with one attached hydrogen (secondary N) is 4. The first kappa shape index (κ1) is 19.9. The van der Waals surface area contributed by atoms with Gasteiger partial charge in [-0.2, -0.15) is 0 Å². The molecule has 3 amide bonds. The number of anilines is 1. The molecule has 9 nitrogen and oxygen atoms in total. The average molecular weight is 316 g/mol. The van der Waals surface area contributed by atoms with Crippen LogP contribution in [0.1, 0.15) is 5.56 Å². The van der Waals surface area contributed by atoms with Gasteiger partial charge in [-0.1, -0.05) is 0 Å². The van der Waals surface area contributed by atoms with Crippen LogP contribution in [0.5, 0.6) is 0 Å². The molecule has 10 heteroatoms. The summed E-state index contributed by atoms with van der Waals surface area (Å²) >= 11 is 0. The minimum atomic E-state index is -1.40. The van der Waals surface area contributed by atoms with E-state index in [1.807, 2.05) is 0 Å². The molecule has 1 aromatic rings. The number of rotatable bonds is 4. The normalized spacial score (nSPS) is 8.95. The van der Waals surface area contributed by atoms with Crippen LogP contribution in [0.25, 0.3) is 0 Å². The van der Waals surface area contributed by atoms with E-state index in [9.17, 15) is 19.5 Å². The van der Waals surface area contributed by atoms with Gasteiger partial charge >= 0.3 is 41.7 Å². The number of methoxy groups -OCH3 is 1. The van der Waals surface area contributed by atoms with Gasteiger partial charge in [-0.15, -0.1) is 0 Å². The SMILES string of the molecule is COC(=O)NC(=N)c1ccc(NC(=O)NCC(=O)[O-])cc1.[Na+]. The van der Waals surface area contributed by atoms with Gasteiger partial charge in [0.1, 0.15) is 5.84 Å². The maximum atomic E-state index is 11.3. The molecule has 0 aliphatic rings. The maximum absolute atomic E-state index is 11.3. The molecule has 22 heavy (non-hydrogen) atoms. The van der Waals surface area contributed by atoms with Crippen molar-refractivity contribution in [3.63, 3.8) is 0 Å². The zero-order chi connectivity index (χ0) is 15.8. The van der Waals surface area contributed by atoms with Gasteiger partial charge in [0.2, 0.25) is 0 Å². The number of urea groups is 1. The number of amidine groups is 1. The summed E-state index contributed by atoms with van der Waals surface area (Å²) in [7, 11) is 1.18. The van der Waals surface area contributed by atoms with Gasteiger partial charge in [0.15, 0.2) is 0 Å². The zero-order valence-electron chi connectivity index (χ0n) is 12.1. The second kappa shape index (κ2) is 9.77. The Balaban J connectivity index is 0.00000441. The van der Waals surface area contributed by atoms with Crippen molar-refractivity contribution in [2.75, 3.05) is 19.0 Å². The van der Waals surface area contributed by atoms with Gasteiger partial charge < -0.3 is 25.3 Å². The van der Waals surface area contributed by atoms with E-state index in [1.54, 1.807) is 0 Å². The number of carbonyl (C=O) groups excluding carboxylic acids is 3. The molecule has 0 saturated carbocycles. The van der Waals surface area contributed by atoms with Crippen LogP contribution in [0, 0.1) is 5.41 Å². The number of hydrogen-bond donors (Lipinski definition) is 4. The predicted octanol–water partition coefficient (Wildman–Crippen LogP) is -3.76. The summed E-state index contributed by atoms with van der Waals surface area (Å²) in [6.45, 7) is -0.600. The number of alkyl carbamates (subject to hydrolysis) is 1. The molecule has 0 aliphatic carbocycles. The van der Waals surface area contributed by atoms with Gasteiger partial charge in [-0.25, -0.2) is 9.59 Å². The first-order valence-corrected chi connectivity index (χ1v) is 5.71. The van der Waals surface area contributed by atoms with E-state index >= 15 is 0 Å². The Hall–Kier alpha value is -2.10. The molecule has 0 atom stereocenters. The van der Waals surface area contributed by atoms with Gasteiger partial charge in [0.05, 0.1) is 19.6 Å². The topological polar surface area (TPSA) is 143 Å². The van der Waals surface area contributed by atoms with Crippen LogP contribution >= 0.6 is 0 Å². The van der Waals surface area contributed by atoms with Crippen molar-refractivity contribution in [1.82, 2.24) is 10.6 Å². The maximum Gasteiger partial charge on any atom is 1.00 e. The molecule has 0 aliphatic heterocycles. The van der Waals surface area contributed by atoms with E-state index in [4.69, 9.17) is 5.41 Å². The molecule has 1 aromatic carbocycles. The monoisotopic (exact) mass is 316 g/mol. The van der Waals surface area contributed by atoms with Crippen molar-refractivity contribution in [2.45, 2.75) is 0 Å². The number of ether oxygens (including phenoxy) is 1. The first-order chi connectivity index (χ1) is 9.92. The predicted molar refractivity (Wildman–Crippen MR) is 70.8 cm³/mol. The van der Waals surface area contributed by atoms with E-state index in [0.29, 0.717) is 11.3 Å². The Morgan fingerprint density at radius 1 is 1.23 bits per heavy atom. The fraction of sp³-hybridized carbons (Fsp3) is 0.167. The van der Waals surface area contributed by atoms with Crippen LogP contribution in [-0.4, -0.2) is 37.6 Å². The minimum absolute atomic E-state index is 0. The standard InChI is InChI=1S/C12H14N4O5.Na/c1-21-12(20)16-10(13)7-2-4-8(5-3-7)15-11(19)14-6-9(17)18;/h2-5H,6H2,1H3,(H,17,18)(H2,13,16,20)(H2,14,15,19);/q;+1/p-1. The fourth-order valence-electron chi connectivity index (χ4n) is 1.27. The molecule has 4 N–H and O–H groups in total. The fourth-order valence-corrected chi connectivity index (χ4v) is 1.27. The summed E-state index contributed by atoms with van der Waals surface area (Å²) < 4.78 is 4.36. The Bertz CT molecular complexity index is 561. The Labute approximate surface area is 148 Å². The van der Waals surface area contributed by atoms with Gasteiger partial charge in [0, 0.05) is 11.3 Å². The van der Waals surface area contributed by atoms with E-state index in [-0.39, 0.29) is 35.4 Å². The van der Waals surface area contributed by atoms with Gasteiger partial charge in [-0.3, -0.25) is 10.7 Å². The van der Waals surface area contributed by atoms with Crippen molar-refractivity contribution in [3.05, 3.63) is 29.8 Å². The smallest absolute Gasteiger partial charge is 0.548 e. The second-order valence-corrected chi connectivity index (χ2v) is 3.75. The molecule has 0 aromatic heterocycles. The van der Waals surface area contributed by atoms with Crippen molar-refractivity contribution in [1.29, 1.82) is 5.41 Å². The summed E-state index contributed by atoms with van der Waals surface area (Å²) in [5, 5.41) is 24.4. The number of carboxylic acid groups (broad SMARTS) is 1. The molecule has 0 saturated heterocycles. The molecular formula is C12H13N4NaO5. The molecule has 112 valence electrons. The number of amides is 3. The first-order valence-electron chi connectivity index (χ1n) is 5.71. The molecule has 0 heterocycles. The van der Waals surface area contributed by atoms with Crippen molar-refractivity contribution in [2.24, 2.45) is 0 Å². The number of hydrogen-bond acceptors (Lipinski definition) is 6. The average Bonchev–Trinajstić information content (AvgIpc) is 2.45. The molecule has 0 radical (unpaired) electrons. The third-order valence-corrected chi connectivity index (χ3v) is 2.24. The van der Waals surface area contributed by atoms with Crippen LogP contribution in [-0.2, 0) is 9.53 Å². The van der Waals surface area contributed by atoms with E-state index in [2.05, 4.69) is 20.7 Å². The van der Waals surface area contributed by atoms with Crippen LogP contribution in [0.2, 0.25) is 0 Å². The second-order valence-electron chi connectivity index (χ2n) is 3.75. The van der Waals surface area contributed by atoms with E-state index in [1.165, 1.54) is 31.4 Å². The Morgan fingerprint density at radius 2 is 1.82 bits per heavy atom. The van der Waals surface area contributed by atoms with Crippen LogP contribution < -0.4 is 50.6 Å². The van der Waals surface area contributed by atoms with Gasteiger partial charge in [-0.05, 0) is 24.3 Å². The van der Waals surface area contributed by atoms with Crippen LogP contribution in [0.3, 0.4) is 0 Å². The van der Waals surface area contributed by atoms with Crippen molar-refractivity contribution >= 4 is 29.6 Å². The van der Waals surface area contributed by atoms with Crippen molar-refractivity contribution < 1.29 is 53.8 Å². The number of carboxylic acids is 1. The van der Waals surface area contributed by atoms with Crippen LogP contribution in [0.15, 0.2) is 24.3 Å². The molecule has 0 unspecified atom stereocenters. The third-order valence-electron chi connectivity index (χ3n) is 2.24. The summed E-state index contributed by atoms with van der Waals surface area (Å²) in [5.74, 6) is -1.56. The molecule has 0 spiro atoms. The molecule has 0 fully saturated rings. The summed E-state index contributed by atoms with van der Waals surface area (Å²) in [6, 6.07) is 5.26. The minimum Gasteiger partial charge on any atom is -0.548 e. The summed E-state index contributed by atoms with van der Waals surface area (Å²) in [4.78, 5) is 32.4. The summed E-state index contributed by atoms with van der Waals surface area (Å²) in [6.07, 6.45) is -0.760. The molecular weight excluding hydrogens is 303 g/mol. The Morgan fingerprint density at radius 3 is 2.32 bits per heavy atom. The number of aliphatic carboxylic acids is 1. The van der Waals surface area contributed by atoms with Crippen molar-refractivity contribution in [3.8, 4) is 0 Å². The molecule has 0 bridgehead atoms. The summed E-state index contributed by atoms with van der Waals surface area (Å²) in [5.41, 5.74) is 0.793. The molecule has 1 rings (SSSR count). The third kappa shape index (κ3) is 7.07. The van der Waals surface area contributed by atoms with E-state index in [0.717, 1.165) is 0 Å². The van der Waals surface area contributed by atoms with Gasteiger partial charge in [0.25, 0.3) is 0 Å². The quantitative estimate of drug-likeness (QED) is 0.256.